The second kappa shape index (κ2) is 8.78. The fourth-order valence-electron chi connectivity index (χ4n) is 4.39. The summed E-state index contributed by atoms with van der Waals surface area (Å²) in [6, 6.07) is 8.94. The molecule has 1 N–H and O–H groups in total. The van der Waals surface area contributed by atoms with Crippen molar-refractivity contribution in [2.45, 2.75) is 43.4 Å². The fraction of sp³-hybridized carbons (Fsp3) is 0.381. The summed E-state index contributed by atoms with van der Waals surface area (Å²) in [6.07, 6.45) is -0.359. The van der Waals surface area contributed by atoms with Crippen LogP contribution in [0.25, 0.3) is 11.0 Å². The minimum atomic E-state index is -4.39. The Bertz CT molecular complexity index is 1100. The van der Waals surface area contributed by atoms with Gasteiger partial charge in [-0.05, 0) is 56.0 Å². The number of hydrogen-bond acceptors (Lipinski definition) is 4. The molecule has 1 saturated heterocycles. The van der Waals surface area contributed by atoms with Gasteiger partial charge >= 0.3 is 12.3 Å². The summed E-state index contributed by atoms with van der Waals surface area (Å²) in [5.74, 6) is 1.34. The summed E-state index contributed by atoms with van der Waals surface area (Å²) >= 11 is 0. The molecule has 32 heavy (non-hydrogen) atoms. The van der Waals surface area contributed by atoms with E-state index in [1.165, 1.54) is 6.07 Å². The van der Waals surface area contributed by atoms with Gasteiger partial charge in [-0.2, -0.15) is 13.2 Å². The van der Waals surface area contributed by atoms with Crippen LogP contribution in [0.3, 0.4) is 0 Å². The second-order valence-corrected chi connectivity index (χ2v) is 7.95. The van der Waals surface area contributed by atoms with Gasteiger partial charge in [-0.15, -0.1) is 24.8 Å². The standard InChI is InChI=1S/C21H19F3N4O2.2ClH/c22-21(23,24)14-4-5-15-16(11-14)27-18(26-15)13-6-8-20(9-7-13)12-28(19(29)30-20)17-3-1-2-10-25-17;;/h1-5,10-11,13H,6-9,12H2,(H,26,27);2*1H/t13-,20-;;. The van der Waals surface area contributed by atoms with Crippen molar-refractivity contribution in [1.29, 1.82) is 0 Å². The van der Waals surface area contributed by atoms with Crippen molar-refractivity contribution < 1.29 is 22.7 Å². The number of pyridine rings is 1. The van der Waals surface area contributed by atoms with E-state index in [0.29, 0.717) is 42.1 Å². The highest BCUT2D eigenvalue weighted by Crippen LogP contribution is 2.43. The minimum absolute atomic E-state index is 0. The number of nitrogens with one attached hydrogen (secondary N) is 1. The number of rotatable bonds is 2. The van der Waals surface area contributed by atoms with Gasteiger partial charge in [0.05, 0.1) is 23.1 Å². The largest absolute Gasteiger partial charge is 0.441 e. The molecule has 1 saturated carbocycles. The number of alkyl halides is 3. The van der Waals surface area contributed by atoms with Gasteiger partial charge in [0, 0.05) is 12.1 Å². The molecule has 0 unspecified atom stereocenters. The number of H-pyrrole nitrogens is 1. The van der Waals surface area contributed by atoms with Crippen LogP contribution in [-0.2, 0) is 10.9 Å². The molecule has 0 radical (unpaired) electrons. The van der Waals surface area contributed by atoms with Crippen LogP contribution in [0.15, 0.2) is 42.6 Å². The van der Waals surface area contributed by atoms with E-state index >= 15 is 0 Å². The van der Waals surface area contributed by atoms with Crippen LogP contribution in [0.2, 0.25) is 0 Å². The molecule has 1 spiro atoms. The number of anilines is 1. The van der Waals surface area contributed by atoms with Gasteiger partial charge in [0.25, 0.3) is 0 Å². The predicted octanol–water partition coefficient (Wildman–Crippen LogP) is 5.87. The molecular formula is C21H21Cl2F3N4O2. The van der Waals surface area contributed by atoms with Crippen molar-refractivity contribution in [1.82, 2.24) is 15.0 Å². The number of benzene rings is 1. The first-order valence-corrected chi connectivity index (χ1v) is 9.81. The zero-order chi connectivity index (χ0) is 20.9. The number of carbonyl (C=O) groups is 1. The summed E-state index contributed by atoms with van der Waals surface area (Å²) in [6.45, 7) is 0.449. The summed E-state index contributed by atoms with van der Waals surface area (Å²) in [5.41, 5.74) is -0.357. The number of halogens is 5. The minimum Gasteiger partial charge on any atom is -0.441 e. The van der Waals surface area contributed by atoms with E-state index in [0.717, 1.165) is 25.0 Å². The number of fused-ring (bicyclic) bond motifs is 1. The first kappa shape index (κ1) is 24.1. The van der Waals surface area contributed by atoms with Gasteiger partial charge in [0.2, 0.25) is 0 Å². The highest BCUT2D eigenvalue weighted by Gasteiger charge is 2.48. The summed E-state index contributed by atoms with van der Waals surface area (Å²) in [5, 5.41) is 0. The van der Waals surface area contributed by atoms with E-state index in [9.17, 15) is 18.0 Å². The number of amides is 1. The van der Waals surface area contributed by atoms with Crippen LogP contribution >= 0.6 is 24.8 Å². The normalized spacial score (nSPS) is 23.0. The molecule has 1 amide bonds. The Labute approximate surface area is 194 Å². The molecule has 1 aliphatic carbocycles. The number of aromatic amines is 1. The molecule has 3 aromatic rings. The average molecular weight is 489 g/mol. The topological polar surface area (TPSA) is 71.1 Å². The average Bonchev–Trinajstić information content (AvgIpc) is 3.29. The molecule has 2 fully saturated rings. The third-order valence-electron chi connectivity index (χ3n) is 6.01. The van der Waals surface area contributed by atoms with Crippen LogP contribution in [0.4, 0.5) is 23.8 Å². The Kier molecular flexibility index (Phi) is 6.62. The van der Waals surface area contributed by atoms with Crippen LogP contribution in [-0.4, -0.2) is 33.2 Å². The SMILES string of the molecule is Cl.Cl.O=C1O[C@]2(CC[C@H](c3nc4cc(C(F)(F)F)ccc4[nH]3)CC2)CN1c1ccccn1. The molecule has 172 valence electrons. The maximum atomic E-state index is 12.9. The number of nitrogens with zero attached hydrogens (tertiary/aromatic N) is 3. The Morgan fingerprint density at radius 2 is 1.88 bits per heavy atom. The van der Waals surface area contributed by atoms with E-state index in [4.69, 9.17) is 4.74 Å². The predicted molar refractivity (Wildman–Crippen MR) is 118 cm³/mol. The van der Waals surface area contributed by atoms with Crippen LogP contribution < -0.4 is 4.90 Å². The highest BCUT2D eigenvalue weighted by molar-refractivity contribution is 5.89. The third-order valence-corrected chi connectivity index (χ3v) is 6.01. The van der Waals surface area contributed by atoms with Crippen LogP contribution in [0.1, 0.15) is 43.0 Å². The van der Waals surface area contributed by atoms with Gasteiger partial charge in [-0.3, -0.25) is 4.90 Å². The molecule has 1 aromatic carbocycles. The lowest BCUT2D eigenvalue weighted by Gasteiger charge is -2.34. The molecule has 0 bridgehead atoms. The van der Waals surface area contributed by atoms with Gasteiger partial charge in [0.1, 0.15) is 17.2 Å². The number of hydrogen-bond donors (Lipinski definition) is 1. The summed E-state index contributed by atoms with van der Waals surface area (Å²) in [7, 11) is 0. The highest BCUT2D eigenvalue weighted by atomic mass is 35.5. The molecule has 0 atom stereocenters. The van der Waals surface area contributed by atoms with Crippen molar-refractivity contribution in [2.75, 3.05) is 11.4 Å². The van der Waals surface area contributed by atoms with E-state index in [-0.39, 0.29) is 30.7 Å². The molecular weight excluding hydrogens is 468 g/mol. The Morgan fingerprint density at radius 3 is 2.53 bits per heavy atom. The molecule has 6 nitrogen and oxygen atoms in total. The molecule has 11 heteroatoms. The van der Waals surface area contributed by atoms with Crippen molar-refractivity contribution in [3.05, 3.63) is 54.0 Å². The van der Waals surface area contributed by atoms with Gasteiger partial charge in [0.15, 0.2) is 0 Å². The second-order valence-electron chi connectivity index (χ2n) is 7.95. The fourth-order valence-corrected chi connectivity index (χ4v) is 4.39. The molecule has 2 aliphatic rings. The van der Waals surface area contributed by atoms with E-state index in [1.807, 2.05) is 6.07 Å². The zero-order valence-electron chi connectivity index (χ0n) is 16.8. The van der Waals surface area contributed by atoms with Gasteiger partial charge in [-0.25, -0.2) is 14.8 Å². The van der Waals surface area contributed by atoms with Crippen molar-refractivity contribution in [3.8, 4) is 0 Å². The van der Waals surface area contributed by atoms with Gasteiger partial charge in [-0.1, -0.05) is 6.07 Å². The molecule has 5 rings (SSSR count). The van der Waals surface area contributed by atoms with Crippen molar-refractivity contribution in [3.63, 3.8) is 0 Å². The molecule has 3 heterocycles. The lowest BCUT2D eigenvalue weighted by atomic mass is 9.78. The van der Waals surface area contributed by atoms with Crippen molar-refractivity contribution >= 4 is 47.8 Å². The van der Waals surface area contributed by atoms with Crippen LogP contribution in [0.5, 0.6) is 0 Å². The first-order chi connectivity index (χ1) is 14.3. The number of carbonyl (C=O) groups excluding carboxylic acids is 1. The first-order valence-electron chi connectivity index (χ1n) is 9.81. The Morgan fingerprint density at radius 1 is 1.12 bits per heavy atom. The van der Waals surface area contributed by atoms with E-state index < -0.39 is 23.4 Å². The monoisotopic (exact) mass is 488 g/mol. The Balaban J connectivity index is 0.00000144. The van der Waals surface area contributed by atoms with E-state index in [1.54, 1.807) is 23.2 Å². The third kappa shape index (κ3) is 4.36. The quantitative estimate of drug-likeness (QED) is 0.489. The van der Waals surface area contributed by atoms with E-state index in [2.05, 4.69) is 15.0 Å². The number of aromatic nitrogens is 3. The maximum Gasteiger partial charge on any atom is 0.416 e. The molecule has 1 aliphatic heterocycles. The lowest BCUT2D eigenvalue weighted by Crippen LogP contribution is -2.38. The summed E-state index contributed by atoms with van der Waals surface area (Å²) < 4.78 is 44.6. The smallest absolute Gasteiger partial charge is 0.416 e. The molecule has 2 aromatic heterocycles. The Hall–Kier alpha value is -2.52. The zero-order valence-corrected chi connectivity index (χ0v) is 18.4. The van der Waals surface area contributed by atoms with Gasteiger partial charge < -0.3 is 9.72 Å². The van der Waals surface area contributed by atoms with Crippen molar-refractivity contribution in [2.24, 2.45) is 0 Å². The lowest BCUT2D eigenvalue weighted by molar-refractivity contribution is -0.137. The summed E-state index contributed by atoms with van der Waals surface area (Å²) in [4.78, 5) is 25.7. The van der Waals surface area contributed by atoms with Crippen LogP contribution in [0, 0.1) is 0 Å². The number of ether oxygens (including phenoxy) is 1. The number of imidazole rings is 1. The maximum absolute atomic E-state index is 12.9.